The van der Waals surface area contributed by atoms with E-state index in [4.69, 9.17) is 9.47 Å². The summed E-state index contributed by atoms with van der Waals surface area (Å²) in [5.41, 5.74) is 1.54. The molecule has 5 nitrogen and oxygen atoms in total. The third kappa shape index (κ3) is 4.10. The number of anilines is 1. The number of amides is 1. The molecular weight excluding hydrogens is 336 g/mol. The van der Waals surface area contributed by atoms with E-state index in [2.05, 4.69) is 26.2 Å². The number of carbonyl (C=O) groups is 1. The lowest BCUT2D eigenvalue weighted by molar-refractivity contribution is -0.108. The molecule has 6 heteroatoms. The van der Waals surface area contributed by atoms with Crippen LogP contribution >= 0.6 is 15.9 Å². The van der Waals surface area contributed by atoms with Crippen LogP contribution in [0.4, 0.5) is 5.69 Å². The van der Waals surface area contributed by atoms with Crippen LogP contribution in [0.2, 0.25) is 0 Å². The van der Waals surface area contributed by atoms with Gasteiger partial charge in [0.15, 0.2) is 0 Å². The van der Waals surface area contributed by atoms with Gasteiger partial charge in [-0.05, 0) is 36.4 Å². The fourth-order valence-electron chi connectivity index (χ4n) is 1.78. The maximum absolute atomic E-state index is 12.2. The van der Waals surface area contributed by atoms with Gasteiger partial charge in [-0.15, -0.1) is 0 Å². The second-order valence-corrected chi connectivity index (χ2v) is 5.13. The lowest BCUT2D eigenvalue weighted by Gasteiger charge is -2.13. The van der Waals surface area contributed by atoms with E-state index >= 15 is 0 Å². The Morgan fingerprint density at radius 1 is 1.14 bits per heavy atom. The van der Waals surface area contributed by atoms with E-state index < -0.39 is 6.29 Å². The van der Waals surface area contributed by atoms with Crippen LogP contribution in [-0.2, 0) is 9.47 Å². The van der Waals surface area contributed by atoms with Crippen molar-refractivity contribution in [3.05, 3.63) is 58.3 Å². The second-order valence-electron chi connectivity index (χ2n) is 4.21. The third-order valence-electron chi connectivity index (χ3n) is 2.78. The zero-order valence-electron chi connectivity index (χ0n) is 11.7. The zero-order chi connectivity index (χ0) is 15.2. The zero-order valence-corrected chi connectivity index (χ0v) is 13.3. The molecule has 0 unspecified atom stereocenters. The number of carbonyl (C=O) groups excluding carboxylic acids is 1. The molecule has 2 rings (SSSR count). The highest BCUT2D eigenvalue weighted by molar-refractivity contribution is 9.10. The Kier molecular flexibility index (Phi) is 5.44. The molecule has 2 aromatic rings. The van der Waals surface area contributed by atoms with Gasteiger partial charge in [0.2, 0.25) is 6.29 Å². The van der Waals surface area contributed by atoms with Crippen LogP contribution in [0.25, 0.3) is 0 Å². The van der Waals surface area contributed by atoms with Gasteiger partial charge in [-0.3, -0.25) is 4.79 Å². The Morgan fingerprint density at radius 3 is 2.43 bits per heavy atom. The number of aromatic nitrogens is 1. The van der Waals surface area contributed by atoms with Gasteiger partial charge in [-0.2, -0.15) is 0 Å². The molecule has 1 aromatic heterocycles. The SMILES string of the molecule is COC(OC)c1cccc(C(=O)Nc2ccc(Br)cc2)n1. The van der Waals surface area contributed by atoms with Crippen LogP contribution in [0.1, 0.15) is 22.5 Å². The normalized spacial score (nSPS) is 10.7. The summed E-state index contributed by atoms with van der Waals surface area (Å²) in [5, 5.41) is 2.78. The van der Waals surface area contributed by atoms with E-state index in [1.54, 1.807) is 30.3 Å². The minimum atomic E-state index is -0.592. The molecule has 1 aromatic carbocycles. The highest BCUT2D eigenvalue weighted by atomic mass is 79.9. The van der Waals surface area contributed by atoms with Crippen LogP contribution in [0.15, 0.2) is 46.9 Å². The maximum atomic E-state index is 12.2. The minimum Gasteiger partial charge on any atom is -0.350 e. The van der Waals surface area contributed by atoms with Gasteiger partial charge in [-0.25, -0.2) is 4.98 Å². The van der Waals surface area contributed by atoms with E-state index in [1.165, 1.54) is 14.2 Å². The minimum absolute atomic E-state index is 0.287. The number of hydrogen-bond acceptors (Lipinski definition) is 4. The summed E-state index contributed by atoms with van der Waals surface area (Å²) in [4.78, 5) is 16.4. The van der Waals surface area contributed by atoms with Gasteiger partial charge in [0.25, 0.3) is 5.91 Å². The first-order chi connectivity index (χ1) is 10.1. The predicted molar refractivity (Wildman–Crippen MR) is 83.1 cm³/mol. The highest BCUT2D eigenvalue weighted by Crippen LogP contribution is 2.17. The summed E-state index contributed by atoms with van der Waals surface area (Å²) in [5.74, 6) is -0.287. The van der Waals surface area contributed by atoms with Crippen LogP contribution in [0, 0.1) is 0 Å². The maximum Gasteiger partial charge on any atom is 0.274 e. The predicted octanol–water partition coefficient (Wildman–Crippen LogP) is 3.39. The Balaban J connectivity index is 2.15. The molecule has 21 heavy (non-hydrogen) atoms. The molecular formula is C15H15BrN2O3. The first-order valence-electron chi connectivity index (χ1n) is 6.23. The molecule has 0 saturated carbocycles. The summed E-state index contributed by atoms with van der Waals surface area (Å²) in [6.45, 7) is 0. The van der Waals surface area contributed by atoms with Crippen LogP contribution in [0.5, 0.6) is 0 Å². The smallest absolute Gasteiger partial charge is 0.274 e. The Morgan fingerprint density at radius 2 is 1.81 bits per heavy atom. The topological polar surface area (TPSA) is 60.5 Å². The summed E-state index contributed by atoms with van der Waals surface area (Å²) in [7, 11) is 3.04. The van der Waals surface area contributed by atoms with Gasteiger partial charge >= 0.3 is 0 Å². The van der Waals surface area contributed by atoms with Crippen molar-refractivity contribution in [2.24, 2.45) is 0 Å². The van der Waals surface area contributed by atoms with Gasteiger partial charge < -0.3 is 14.8 Å². The van der Waals surface area contributed by atoms with Gasteiger partial charge in [0.05, 0.1) is 5.69 Å². The van der Waals surface area contributed by atoms with E-state index in [1.807, 2.05) is 12.1 Å². The molecule has 0 atom stereocenters. The average Bonchev–Trinajstić information content (AvgIpc) is 2.51. The molecule has 0 fully saturated rings. The number of hydrogen-bond donors (Lipinski definition) is 1. The Hall–Kier alpha value is -1.76. The number of halogens is 1. The lowest BCUT2D eigenvalue weighted by Crippen LogP contribution is -2.16. The number of pyridine rings is 1. The highest BCUT2D eigenvalue weighted by Gasteiger charge is 2.14. The standard InChI is InChI=1S/C15H15BrN2O3/c1-20-15(21-2)13-5-3-4-12(18-13)14(19)17-11-8-6-10(16)7-9-11/h3-9,15H,1-2H3,(H,17,19). The molecule has 1 amide bonds. The number of ether oxygens (including phenoxy) is 2. The number of methoxy groups -OCH3 is 2. The van der Waals surface area contributed by atoms with Gasteiger partial charge in [0.1, 0.15) is 5.69 Å². The molecule has 1 heterocycles. The molecule has 0 saturated heterocycles. The van der Waals surface area contributed by atoms with Crippen LogP contribution < -0.4 is 5.32 Å². The molecule has 0 aliphatic heterocycles. The van der Waals surface area contributed by atoms with E-state index in [-0.39, 0.29) is 5.91 Å². The van der Waals surface area contributed by atoms with Crippen LogP contribution in [-0.4, -0.2) is 25.1 Å². The van der Waals surface area contributed by atoms with Crippen molar-refractivity contribution in [1.29, 1.82) is 0 Å². The largest absolute Gasteiger partial charge is 0.350 e. The molecule has 1 N–H and O–H groups in total. The number of nitrogens with zero attached hydrogens (tertiary/aromatic N) is 1. The van der Waals surface area contributed by atoms with Gasteiger partial charge in [0, 0.05) is 24.4 Å². The lowest BCUT2D eigenvalue weighted by atomic mass is 10.2. The summed E-state index contributed by atoms with van der Waals surface area (Å²) in [6.07, 6.45) is -0.592. The summed E-state index contributed by atoms with van der Waals surface area (Å²) >= 11 is 3.35. The molecule has 0 spiro atoms. The Bertz CT molecular complexity index is 613. The monoisotopic (exact) mass is 350 g/mol. The molecule has 110 valence electrons. The third-order valence-corrected chi connectivity index (χ3v) is 3.30. The van der Waals surface area contributed by atoms with Crippen molar-refractivity contribution in [3.8, 4) is 0 Å². The summed E-state index contributed by atoms with van der Waals surface area (Å²) in [6, 6.07) is 12.4. The van der Waals surface area contributed by atoms with Crippen molar-refractivity contribution in [3.63, 3.8) is 0 Å². The quantitative estimate of drug-likeness (QED) is 0.839. The average molecular weight is 351 g/mol. The van der Waals surface area contributed by atoms with Crippen molar-refractivity contribution in [2.75, 3.05) is 19.5 Å². The van der Waals surface area contributed by atoms with E-state index in [0.717, 1.165) is 4.47 Å². The molecule has 0 radical (unpaired) electrons. The molecule has 0 aliphatic carbocycles. The molecule has 0 aliphatic rings. The van der Waals surface area contributed by atoms with Crippen molar-refractivity contribution in [2.45, 2.75) is 6.29 Å². The second kappa shape index (κ2) is 7.31. The fraction of sp³-hybridized carbons (Fsp3) is 0.200. The first-order valence-corrected chi connectivity index (χ1v) is 7.03. The van der Waals surface area contributed by atoms with E-state index in [9.17, 15) is 4.79 Å². The van der Waals surface area contributed by atoms with Crippen molar-refractivity contribution in [1.82, 2.24) is 4.98 Å². The van der Waals surface area contributed by atoms with Crippen LogP contribution in [0.3, 0.4) is 0 Å². The van der Waals surface area contributed by atoms with Crippen molar-refractivity contribution >= 4 is 27.5 Å². The van der Waals surface area contributed by atoms with Gasteiger partial charge in [-0.1, -0.05) is 22.0 Å². The number of benzene rings is 1. The van der Waals surface area contributed by atoms with E-state index in [0.29, 0.717) is 17.1 Å². The summed E-state index contributed by atoms with van der Waals surface area (Å²) < 4.78 is 11.2. The Labute approximate surface area is 131 Å². The first kappa shape index (κ1) is 15.6. The molecule has 0 bridgehead atoms. The fourth-order valence-corrected chi connectivity index (χ4v) is 2.04. The number of nitrogens with one attached hydrogen (secondary N) is 1. The van der Waals surface area contributed by atoms with Crippen molar-refractivity contribution < 1.29 is 14.3 Å². The number of rotatable bonds is 5.